The molecule has 3 aromatic heterocycles. The molecule has 2 N–H and O–H groups in total. The van der Waals surface area contributed by atoms with Crippen LogP contribution in [0.3, 0.4) is 0 Å². The number of nitrogen functional groups attached to an aromatic ring is 1. The van der Waals surface area contributed by atoms with Crippen LogP contribution in [-0.2, 0) is 5.92 Å². The fraction of sp³-hybridized carbons (Fsp3) is 0.118. The SMILES string of the molecule is Nc1ccc(-c2noc(C(F)(F)c3ccc(-c4nnc(C(F)F)o4)cc3)n2)cn1. The van der Waals surface area contributed by atoms with Gasteiger partial charge >= 0.3 is 18.2 Å². The van der Waals surface area contributed by atoms with Crippen LogP contribution in [0.4, 0.5) is 23.4 Å². The molecule has 0 aliphatic carbocycles. The van der Waals surface area contributed by atoms with Crippen molar-refractivity contribution < 1.29 is 26.5 Å². The number of nitrogens with two attached hydrogens (primary N) is 1. The van der Waals surface area contributed by atoms with Gasteiger partial charge in [-0.15, -0.1) is 10.2 Å². The van der Waals surface area contributed by atoms with Crippen LogP contribution in [0.15, 0.2) is 51.5 Å². The summed E-state index contributed by atoms with van der Waals surface area (Å²) in [6.45, 7) is 0. The maximum Gasteiger partial charge on any atom is 0.350 e. The van der Waals surface area contributed by atoms with Crippen LogP contribution >= 0.6 is 0 Å². The zero-order valence-corrected chi connectivity index (χ0v) is 14.3. The summed E-state index contributed by atoms with van der Waals surface area (Å²) < 4.78 is 64.0. The Morgan fingerprint density at radius 1 is 0.966 bits per heavy atom. The average Bonchev–Trinajstić information content (AvgIpc) is 3.39. The molecule has 0 bridgehead atoms. The Hall–Kier alpha value is -3.83. The van der Waals surface area contributed by atoms with E-state index in [0.717, 1.165) is 12.1 Å². The first-order valence-corrected chi connectivity index (χ1v) is 8.01. The summed E-state index contributed by atoms with van der Waals surface area (Å²) >= 11 is 0. The molecule has 0 aliphatic heterocycles. The third-order valence-corrected chi connectivity index (χ3v) is 3.86. The van der Waals surface area contributed by atoms with Gasteiger partial charge in [-0.25, -0.2) is 4.98 Å². The minimum absolute atomic E-state index is 0.0748. The smallest absolute Gasteiger partial charge is 0.350 e. The van der Waals surface area contributed by atoms with Crippen LogP contribution in [0, 0.1) is 0 Å². The summed E-state index contributed by atoms with van der Waals surface area (Å²) in [4.78, 5) is 7.57. The predicted octanol–water partition coefficient (Wildman–Crippen LogP) is 3.84. The van der Waals surface area contributed by atoms with E-state index < -0.39 is 29.7 Å². The third-order valence-electron chi connectivity index (χ3n) is 3.86. The van der Waals surface area contributed by atoms with Crippen molar-refractivity contribution in [2.75, 3.05) is 5.73 Å². The molecule has 0 saturated heterocycles. The second kappa shape index (κ2) is 6.96. The molecule has 4 rings (SSSR count). The lowest BCUT2D eigenvalue weighted by Gasteiger charge is -2.11. The molecular formula is C17H10F4N6O2. The van der Waals surface area contributed by atoms with Crippen LogP contribution in [0.1, 0.15) is 23.8 Å². The molecule has 148 valence electrons. The molecule has 0 spiro atoms. The molecule has 0 fully saturated rings. The molecule has 12 heteroatoms. The Kier molecular flexibility index (Phi) is 4.45. The summed E-state index contributed by atoms with van der Waals surface area (Å²) in [7, 11) is 0. The molecule has 8 nitrogen and oxygen atoms in total. The van der Waals surface area contributed by atoms with Crippen molar-refractivity contribution in [3.63, 3.8) is 0 Å². The lowest BCUT2D eigenvalue weighted by atomic mass is 10.1. The van der Waals surface area contributed by atoms with Crippen LogP contribution in [0.25, 0.3) is 22.8 Å². The second-order valence-electron chi connectivity index (χ2n) is 5.79. The van der Waals surface area contributed by atoms with E-state index >= 15 is 0 Å². The van der Waals surface area contributed by atoms with Gasteiger partial charge in [0.05, 0.1) is 0 Å². The molecular weight excluding hydrogens is 396 g/mol. The van der Waals surface area contributed by atoms with Gasteiger partial charge in [-0.1, -0.05) is 17.3 Å². The first kappa shape index (κ1) is 18.5. The highest BCUT2D eigenvalue weighted by Crippen LogP contribution is 2.36. The van der Waals surface area contributed by atoms with E-state index in [0.29, 0.717) is 5.56 Å². The van der Waals surface area contributed by atoms with E-state index in [1.165, 1.54) is 30.5 Å². The van der Waals surface area contributed by atoms with Crippen LogP contribution in [0.5, 0.6) is 0 Å². The van der Waals surface area contributed by atoms with E-state index in [9.17, 15) is 17.6 Å². The maximum absolute atomic E-state index is 14.7. The number of hydrogen-bond acceptors (Lipinski definition) is 8. The Morgan fingerprint density at radius 2 is 1.69 bits per heavy atom. The number of anilines is 1. The predicted molar refractivity (Wildman–Crippen MR) is 89.6 cm³/mol. The van der Waals surface area contributed by atoms with E-state index in [1.54, 1.807) is 0 Å². The summed E-state index contributed by atoms with van der Waals surface area (Å²) in [5, 5.41) is 10.2. The summed E-state index contributed by atoms with van der Waals surface area (Å²) in [6.07, 6.45) is -1.60. The maximum atomic E-state index is 14.7. The normalized spacial score (nSPS) is 11.9. The van der Waals surface area contributed by atoms with Gasteiger partial charge in [0.2, 0.25) is 11.7 Å². The Bertz CT molecular complexity index is 1130. The number of aromatic nitrogens is 5. The van der Waals surface area contributed by atoms with E-state index in [-0.39, 0.29) is 23.1 Å². The van der Waals surface area contributed by atoms with E-state index in [1.807, 2.05) is 0 Å². The van der Waals surface area contributed by atoms with Gasteiger partial charge < -0.3 is 14.7 Å². The number of nitrogens with zero attached hydrogens (tertiary/aromatic N) is 5. The molecule has 29 heavy (non-hydrogen) atoms. The average molecular weight is 406 g/mol. The molecule has 1 aromatic carbocycles. The van der Waals surface area contributed by atoms with Gasteiger partial charge in [0.25, 0.3) is 5.89 Å². The van der Waals surface area contributed by atoms with Gasteiger partial charge in [-0.3, -0.25) is 0 Å². The largest absolute Gasteiger partial charge is 0.415 e. The topological polar surface area (TPSA) is 117 Å². The fourth-order valence-electron chi connectivity index (χ4n) is 2.39. The fourth-order valence-corrected chi connectivity index (χ4v) is 2.39. The van der Waals surface area contributed by atoms with Gasteiger partial charge in [0.15, 0.2) is 0 Å². The standard InChI is InChI=1S/C17H10F4N6O2/c18-12(19)15-26-25-14(28-15)8-1-4-10(5-2-8)17(20,21)16-24-13(27-29-16)9-3-6-11(22)23-7-9/h1-7,12H,(H2,22,23). The Labute approximate surface area is 159 Å². The minimum Gasteiger partial charge on any atom is -0.415 e. The number of benzene rings is 1. The van der Waals surface area contributed by atoms with Crippen molar-refractivity contribution in [1.29, 1.82) is 0 Å². The van der Waals surface area contributed by atoms with Crippen molar-refractivity contribution >= 4 is 5.82 Å². The van der Waals surface area contributed by atoms with Crippen LogP contribution < -0.4 is 5.73 Å². The zero-order chi connectivity index (χ0) is 20.6. The van der Waals surface area contributed by atoms with Gasteiger partial charge in [0.1, 0.15) is 5.82 Å². The molecule has 3 heterocycles. The summed E-state index contributed by atoms with van der Waals surface area (Å²) in [6, 6.07) is 7.58. The summed E-state index contributed by atoms with van der Waals surface area (Å²) in [5.41, 5.74) is 5.57. The number of hydrogen-bond donors (Lipinski definition) is 1. The molecule has 4 aromatic rings. The number of halogens is 4. The van der Waals surface area contributed by atoms with Crippen molar-refractivity contribution in [3.8, 4) is 22.8 Å². The van der Waals surface area contributed by atoms with Crippen molar-refractivity contribution in [1.82, 2.24) is 25.3 Å². The van der Waals surface area contributed by atoms with Gasteiger partial charge in [0, 0.05) is 22.9 Å². The van der Waals surface area contributed by atoms with Crippen molar-refractivity contribution in [2.24, 2.45) is 0 Å². The Morgan fingerprint density at radius 3 is 2.31 bits per heavy atom. The highest BCUT2D eigenvalue weighted by atomic mass is 19.3. The quantitative estimate of drug-likeness (QED) is 0.497. The molecule has 0 unspecified atom stereocenters. The van der Waals surface area contributed by atoms with E-state index in [2.05, 4.69) is 25.3 Å². The minimum atomic E-state index is -3.60. The van der Waals surface area contributed by atoms with Gasteiger partial charge in [-0.05, 0) is 24.3 Å². The molecule has 0 radical (unpaired) electrons. The highest BCUT2D eigenvalue weighted by molar-refractivity contribution is 5.55. The number of alkyl halides is 4. The first-order chi connectivity index (χ1) is 13.8. The monoisotopic (exact) mass is 406 g/mol. The molecule has 0 amide bonds. The zero-order valence-electron chi connectivity index (χ0n) is 14.3. The second-order valence-corrected chi connectivity index (χ2v) is 5.79. The highest BCUT2D eigenvalue weighted by Gasteiger charge is 2.41. The molecule has 0 saturated carbocycles. The molecule has 0 aliphatic rings. The Balaban J connectivity index is 1.59. The van der Waals surface area contributed by atoms with Crippen LogP contribution in [0.2, 0.25) is 0 Å². The summed E-state index contributed by atoms with van der Waals surface area (Å²) in [5.74, 6) is -5.42. The molecule has 0 atom stereocenters. The van der Waals surface area contributed by atoms with E-state index in [4.69, 9.17) is 14.7 Å². The van der Waals surface area contributed by atoms with Crippen molar-refractivity contribution in [2.45, 2.75) is 12.3 Å². The van der Waals surface area contributed by atoms with Crippen LogP contribution in [-0.4, -0.2) is 25.3 Å². The number of pyridine rings is 1. The lowest BCUT2D eigenvalue weighted by Crippen LogP contribution is -2.15. The van der Waals surface area contributed by atoms with Gasteiger partial charge in [-0.2, -0.15) is 22.5 Å². The third kappa shape index (κ3) is 3.51. The number of rotatable bonds is 5. The first-order valence-electron chi connectivity index (χ1n) is 8.01. The van der Waals surface area contributed by atoms with Crippen molar-refractivity contribution in [3.05, 3.63) is 59.9 Å². The lowest BCUT2D eigenvalue weighted by molar-refractivity contribution is 0.00762.